The maximum Gasteiger partial charge on any atom is 0.381 e. The standard InChI is InChI=1S/C11H12N2O4/c1-8-6-11(2,17-13-8)10(14)16-12-7-9-4-3-5-15-9/h3-5,7H,6H2,1-2H3/b12-7+. The van der Waals surface area contributed by atoms with Gasteiger partial charge in [0.1, 0.15) is 12.0 Å². The Hall–Kier alpha value is -2.11. The zero-order valence-corrected chi connectivity index (χ0v) is 9.54. The van der Waals surface area contributed by atoms with Crippen LogP contribution in [0.4, 0.5) is 0 Å². The number of oxime groups is 2. The SMILES string of the molecule is CC1=NOC(C)(C(=O)O/N=C/c2ccco2)C1. The molecule has 0 bridgehead atoms. The van der Waals surface area contributed by atoms with Crippen LogP contribution in [0.25, 0.3) is 0 Å². The summed E-state index contributed by atoms with van der Waals surface area (Å²) in [5, 5.41) is 7.24. The molecule has 1 atom stereocenters. The second-order valence-corrected chi connectivity index (χ2v) is 3.95. The van der Waals surface area contributed by atoms with Crippen molar-refractivity contribution in [2.24, 2.45) is 10.3 Å². The van der Waals surface area contributed by atoms with E-state index < -0.39 is 11.6 Å². The molecule has 2 rings (SSSR count). The minimum absolute atomic E-state index is 0.405. The van der Waals surface area contributed by atoms with Gasteiger partial charge in [0.25, 0.3) is 0 Å². The van der Waals surface area contributed by atoms with E-state index in [1.54, 1.807) is 26.0 Å². The Bertz CT molecular complexity index is 464. The van der Waals surface area contributed by atoms with Crippen LogP contribution in [0.15, 0.2) is 33.1 Å². The Labute approximate surface area is 97.9 Å². The lowest BCUT2D eigenvalue weighted by atomic mass is 10.0. The number of nitrogens with zero attached hydrogens (tertiary/aromatic N) is 2. The minimum atomic E-state index is -1.08. The summed E-state index contributed by atoms with van der Waals surface area (Å²) in [7, 11) is 0. The monoisotopic (exact) mass is 236 g/mol. The fourth-order valence-corrected chi connectivity index (χ4v) is 1.43. The Morgan fingerprint density at radius 2 is 2.53 bits per heavy atom. The average Bonchev–Trinajstić information content (AvgIpc) is 2.89. The molecule has 0 N–H and O–H groups in total. The van der Waals surface area contributed by atoms with Crippen LogP contribution in [0.2, 0.25) is 0 Å². The van der Waals surface area contributed by atoms with Crippen molar-refractivity contribution >= 4 is 17.9 Å². The Morgan fingerprint density at radius 1 is 1.71 bits per heavy atom. The molecular formula is C11H12N2O4. The lowest BCUT2D eigenvalue weighted by Gasteiger charge is -2.16. The molecule has 1 aliphatic rings. The van der Waals surface area contributed by atoms with E-state index in [0.29, 0.717) is 12.2 Å². The fraction of sp³-hybridized carbons (Fsp3) is 0.364. The predicted octanol–water partition coefficient (Wildman–Crippen LogP) is 1.71. The summed E-state index contributed by atoms with van der Waals surface area (Å²) in [4.78, 5) is 21.4. The highest BCUT2D eigenvalue weighted by molar-refractivity contribution is 5.92. The maximum atomic E-state index is 11.7. The first-order valence-corrected chi connectivity index (χ1v) is 5.10. The predicted molar refractivity (Wildman–Crippen MR) is 59.6 cm³/mol. The number of hydrogen-bond acceptors (Lipinski definition) is 6. The van der Waals surface area contributed by atoms with Gasteiger partial charge in [-0.05, 0) is 26.0 Å². The van der Waals surface area contributed by atoms with E-state index >= 15 is 0 Å². The van der Waals surface area contributed by atoms with E-state index in [-0.39, 0.29) is 0 Å². The molecule has 0 saturated carbocycles. The van der Waals surface area contributed by atoms with Crippen LogP contribution in [0.3, 0.4) is 0 Å². The van der Waals surface area contributed by atoms with Gasteiger partial charge < -0.3 is 14.1 Å². The van der Waals surface area contributed by atoms with Gasteiger partial charge in [-0.1, -0.05) is 10.3 Å². The Balaban J connectivity index is 1.90. The first-order chi connectivity index (χ1) is 8.10. The maximum absolute atomic E-state index is 11.7. The Kier molecular flexibility index (Phi) is 2.95. The van der Waals surface area contributed by atoms with Crippen LogP contribution in [0.1, 0.15) is 26.0 Å². The summed E-state index contributed by atoms with van der Waals surface area (Å²) >= 11 is 0. The largest absolute Gasteiger partial charge is 0.463 e. The smallest absolute Gasteiger partial charge is 0.381 e. The van der Waals surface area contributed by atoms with Crippen molar-refractivity contribution in [3.63, 3.8) is 0 Å². The normalized spacial score (nSPS) is 23.5. The zero-order chi connectivity index (χ0) is 12.3. The molecule has 6 heteroatoms. The molecule has 0 aromatic carbocycles. The third-order valence-electron chi connectivity index (χ3n) is 2.29. The van der Waals surface area contributed by atoms with Crippen molar-refractivity contribution in [3.05, 3.63) is 24.2 Å². The second-order valence-electron chi connectivity index (χ2n) is 3.95. The number of carbonyl (C=O) groups is 1. The van der Waals surface area contributed by atoms with E-state index in [2.05, 4.69) is 10.3 Å². The molecule has 17 heavy (non-hydrogen) atoms. The molecule has 1 aromatic rings. The van der Waals surface area contributed by atoms with Crippen molar-refractivity contribution in [2.75, 3.05) is 0 Å². The van der Waals surface area contributed by atoms with E-state index in [1.807, 2.05) is 0 Å². The van der Waals surface area contributed by atoms with Crippen LogP contribution < -0.4 is 0 Å². The molecular weight excluding hydrogens is 224 g/mol. The summed E-state index contributed by atoms with van der Waals surface area (Å²) in [5.41, 5.74) is -0.329. The van der Waals surface area contributed by atoms with Gasteiger partial charge in [-0.3, -0.25) is 0 Å². The van der Waals surface area contributed by atoms with Crippen LogP contribution in [-0.4, -0.2) is 23.5 Å². The highest BCUT2D eigenvalue weighted by atomic mass is 16.7. The number of furan rings is 1. The number of hydrogen-bond donors (Lipinski definition) is 0. The zero-order valence-electron chi connectivity index (χ0n) is 9.54. The molecule has 90 valence electrons. The van der Waals surface area contributed by atoms with Crippen molar-refractivity contribution in [3.8, 4) is 0 Å². The van der Waals surface area contributed by atoms with Gasteiger partial charge in [0, 0.05) is 6.42 Å². The number of carbonyl (C=O) groups excluding carboxylic acids is 1. The van der Waals surface area contributed by atoms with Gasteiger partial charge >= 0.3 is 5.97 Å². The van der Waals surface area contributed by atoms with Crippen molar-refractivity contribution in [1.82, 2.24) is 0 Å². The van der Waals surface area contributed by atoms with Crippen molar-refractivity contribution in [1.29, 1.82) is 0 Å². The quantitative estimate of drug-likeness (QED) is 0.455. The molecule has 2 heterocycles. The molecule has 0 aliphatic carbocycles. The van der Waals surface area contributed by atoms with Gasteiger partial charge in [-0.15, -0.1) is 0 Å². The Morgan fingerprint density at radius 3 is 3.12 bits per heavy atom. The number of rotatable bonds is 3. The fourth-order valence-electron chi connectivity index (χ4n) is 1.43. The second kappa shape index (κ2) is 4.40. The first-order valence-electron chi connectivity index (χ1n) is 5.10. The topological polar surface area (TPSA) is 73.4 Å². The molecule has 0 spiro atoms. The lowest BCUT2D eigenvalue weighted by Crippen LogP contribution is -2.36. The summed E-state index contributed by atoms with van der Waals surface area (Å²) in [5.74, 6) is -0.0800. The van der Waals surface area contributed by atoms with Crippen LogP contribution >= 0.6 is 0 Å². The van der Waals surface area contributed by atoms with Crippen LogP contribution in [0, 0.1) is 0 Å². The molecule has 0 saturated heterocycles. The molecule has 0 radical (unpaired) electrons. The third kappa shape index (κ3) is 2.52. The van der Waals surface area contributed by atoms with E-state index in [9.17, 15) is 4.79 Å². The van der Waals surface area contributed by atoms with Crippen molar-refractivity contribution < 1.29 is 18.9 Å². The molecule has 0 fully saturated rings. The van der Waals surface area contributed by atoms with E-state index in [4.69, 9.17) is 14.1 Å². The summed E-state index contributed by atoms with van der Waals surface area (Å²) in [6, 6.07) is 3.40. The van der Waals surface area contributed by atoms with Crippen LogP contribution in [0.5, 0.6) is 0 Å². The van der Waals surface area contributed by atoms with E-state index in [1.165, 1.54) is 12.5 Å². The average molecular weight is 236 g/mol. The molecule has 0 amide bonds. The van der Waals surface area contributed by atoms with Gasteiger partial charge in [-0.25, -0.2) is 4.79 Å². The van der Waals surface area contributed by atoms with Gasteiger partial charge in [-0.2, -0.15) is 0 Å². The molecule has 6 nitrogen and oxygen atoms in total. The minimum Gasteiger partial charge on any atom is -0.463 e. The van der Waals surface area contributed by atoms with Gasteiger partial charge in [0.2, 0.25) is 5.60 Å². The lowest BCUT2D eigenvalue weighted by molar-refractivity contribution is -0.167. The van der Waals surface area contributed by atoms with Gasteiger partial charge in [0.15, 0.2) is 0 Å². The molecule has 1 aromatic heterocycles. The highest BCUT2D eigenvalue weighted by Gasteiger charge is 2.42. The molecule has 1 aliphatic heterocycles. The summed E-state index contributed by atoms with van der Waals surface area (Å²) in [6.45, 7) is 3.39. The molecule has 1 unspecified atom stereocenters. The van der Waals surface area contributed by atoms with E-state index in [0.717, 1.165) is 5.71 Å². The van der Waals surface area contributed by atoms with Gasteiger partial charge in [0.05, 0.1) is 12.0 Å². The van der Waals surface area contributed by atoms with Crippen molar-refractivity contribution in [2.45, 2.75) is 25.9 Å². The third-order valence-corrected chi connectivity index (χ3v) is 2.29. The first kappa shape index (κ1) is 11.4. The van der Waals surface area contributed by atoms with Crippen LogP contribution in [-0.2, 0) is 14.5 Å². The summed E-state index contributed by atoms with van der Waals surface area (Å²) in [6.07, 6.45) is 3.22. The highest BCUT2D eigenvalue weighted by Crippen LogP contribution is 2.24. The summed E-state index contributed by atoms with van der Waals surface area (Å²) < 4.78 is 4.99.